The van der Waals surface area contributed by atoms with Gasteiger partial charge in [0.05, 0.1) is 12.8 Å². The molecule has 18 heavy (non-hydrogen) atoms. The SMILES string of the molecule is COc1cccc(-c2csc(C(N)C(=O)O)n2)c1. The van der Waals surface area contributed by atoms with Crippen molar-refractivity contribution in [3.8, 4) is 17.0 Å². The van der Waals surface area contributed by atoms with E-state index in [1.54, 1.807) is 12.5 Å². The van der Waals surface area contributed by atoms with E-state index in [9.17, 15) is 4.79 Å². The molecule has 1 heterocycles. The first kappa shape index (κ1) is 12.5. The van der Waals surface area contributed by atoms with Crippen LogP contribution in [0, 0.1) is 0 Å². The summed E-state index contributed by atoms with van der Waals surface area (Å²) in [6.45, 7) is 0. The van der Waals surface area contributed by atoms with Crippen molar-refractivity contribution in [1.29, 1.82) is 0 Å². The van der Waals surface area contributed by atoms with Crippen LogP contribution in [-0.2, 0) is 4.79 Å². The van der Waals surface area contributed by atoms with Crippen LogP contribution < -0.4 is 10.5 Å². The van der Waals surface area contributed by atoms with Gasteiger partial charge < -0.3 is 15.6 Å². The molecule has 94 valence electrons. The van der Waals surface area contributed by atoms with Crippen LogP contribution >= 0.6 is 11.3 Å². The van der Waals surface area contributed by atoms with E-state index >= 15 is 0 Å². The molecule has 0 amide bonds. The highest BCUT2D eigenvalue weighted by atomic mass is 32.1. The first-order valence-corrected chi connectivity index (χ1v) is 6.08. The third-order valence-corrected chi connectivity index (χ3v) is 3.35. The topological polar surface area (TPSA) is 85.4 Å². The van der Waals surface area contributed by atoms with Gasteiger partial charge in [-0.2, -0.15) is 0 Å². The second-order valence-electron chi connectivity index (χ2n) is 3.62. The van der Waals surface area contributed by atoms with Gasteiger partial charge in [0.15, 0.2) is 6.04 Å². The van der Waals surface area contributed by atoms with Crippen molar-refractivity contribution in [3.05, 3.63) is 34.7 Å². The number of carboxylic acids is 1. The van der Waals surface area contributed by atoms with Crippen LogP contribution in [0.25, 0.3) is 11.3 Å². The molecule has 1 atom stereocenters. The minimum Gasteiger partial charge on any atom is -0.497 e. The average molecular weight is 264 g/mol. The third kappa shape index (κ3) is 2.49. The molecule has 6 heteroatoms. The van der Waals surface area contributed by atoms with E-state index in [2.05, 4.69) is 4.98 Å². The van der Waals surface area contributed by atoms with E-state index in [0.717, 1.165) is 11.3 Å². The van der Waals surface area contributed by atoms with Gasteiger partial charge in [0.2, 0.25) is 0 Å². The van der Waals surface area contributed by atoms with E-state index in [1.807, 2.05) is 24.3 Å². The Morgan fingerprint density at radius 2 is 2.33 bits per heavy atom. The first-order valence-electron chi connectivity index (χ1n) is 5.20. The molecule has 2 aromatic rings. The molecule has 0 spiro atoms. The number of aliphatic carboxylic acids is 1. The van der Waals surface area contributed by atoms with Gasteiger partial charge >= 0.3 is 5.97 Å². The average Bonchev–Trinajstić information content (AvgIpc) is 2.87. The summed E-state index contributed by atoms with van der Waals surface area (Å²) in [6, 6.07) is 6.33. The number of methoxy groups -OCH3 is 1. The predicted octanol–water partition coefficient (Wildman–Crippen LogP) is 1.90. The summed E-state index contributed by atoms with van der Waals surface area (Å²) in [7, 11) is 1.59. The molecule has 5 nitrogen and oxygen atoms in total. The van der Waals surface area contributed by atoms with Crippen LogP contribution in [0.1, 0.15) is 11.0 Å². The number of benzene rings is 1. The van der Waals surface area contributed by atoms with E-state index in [1.165, 1.54) is 11.3 Å². The maximum atomic E-state index is 10.8. The molecule has 0 saturated carbocycles. The maximum absolute atomic E-state index is 10.8. The van der Waals surface area contributed by atoms with Gasteiger partial charge in [0.1, 0.15) is 10.8 Å². The molecule has 0 aliphatic heterocycles. The number of hydrogen-bond acceptors (Lipinski definition) is 5. The Morgan fingerprint density at radius 1 is 1.56 bits per heavy atom. The number of carboxylic acid groups (broad SMARTS) is 1. The zero-order valence-electron chi connectivity index (χ0n) is 9.66. The Labute approximate surface area is 108 Å². The van der Waals surface area contributed by atoms with Crippen LogP contribution in [0.4, 0.5) is 0 Å². The zero-order valence-corrected chi connectivity index (χ0v) is 10.5. The summed E-state index contributed by atoms with van der Waals surface area (Å²) in [6.07, 6.45) is 0. The summed E-state index contributed by atoms with van der Waals surface area (Å²) in [4.78, 5) is 15.0. The van der Waals surface area contributed by atoms with Crippen molar-refractivity contribution in [2.75, 3.05) is 7.11 Å². The number of ether oxygens (including phenoxy) is 1. The number of thiazole rings is 1. The lowest BCUT2D eigenvalue weighted by atomic mass is 10.1. The van der Waals surface area contributed by atoms with Gasteiger partial charge in [0, 0.05) is 10.9 Å². The number of nitrogens with zero attached hydrogens (tertiary/aromatic N) is 1. The minimum atomic E-state index is -1.08. The minimum absolute atomic E-state index is 0.389. The van der Waals surface area contributed by atoms with Crippen molar-refractivity contribution in [2.45, 2.75) is 6.04 Å². The molecule has 0 saturated heterocycles. The molecule has 0 bridgehead atoms. The molecular formula is C12H12N2O3S. The molecule has 3 N–H and O–H groups in total. The standard InChI is InChI=1S/C12H12N2O3S/c1-17-8-4-2-3-7(5-8)9-6-18-11(14-9)10(13)12(15)16/h2-6,10H,13H2,1H3,(H,15,16). The Balaban J connectivity index is 2.31. The molecule has 1 aromatic carbocycles. The summed E-state index contributed by atoms with van der Waals surface area (Å²) in [5.41, 5.74) is 7.08. The Hall–Kier alpha value is -1.92. The fraction of sp³-hybridized carbons (Fsp3) is 0.167. The number of aromatic nitrogens is 1. The van der Waals surface area contributed by atoms with Gasteiger partial charge in [-0.15, -0.1) is 11.3 Å². The highest BCUT2D eigenvalue weighted by Crippen LogP contribution is 2.27. The summed E-state index contributed by atoms with van der Waals surface area (Å²) >= 11 is 1.24. The molecule has 0 fully saturated rings. The molecule has 0 aliphatic rings. The highest BCUT2D eigenvalue weighted by Gasteiger charge is 2.18. The predicted molar refractivity (Wildman–Crippen MR) is 68.7 cm³/mol. The lowest BCUT2D eigenvalue weighted by molar-refractivity contribution is -0.138. The maximum Gasteiger partial charge on any atom is 0.327 e. The quantitative estimate of drug-likeness (QED) is 0.881. The fourth-order valence-electron chi connectivity index (χ4n) is 1.45. The van der Waals surface area contributed by atoms with Crippen molar-refractivity contribution < 1.29 is 14.6 Å². The fourth-order valence-corrected chi connectivity index (χ4v) is 2.27. The molecule has 0 radical (unpaired) electrons. The third-order valence-electron chi connectivity index (χ3n) is 2.42. The molecule has 1 unspecified atom stereocenters. The Kier molecular flexibility index (Phi) is 3.59. The van der Waals surface area contributed by atoms with E-state index in [0.29, 0.717) is 10.7 Å². The van der Waals surface area contributed by atoms with Crippen LogP contribution in [0.3, 0.4) is 0 Å². The normalized spacial score (nSPS) is 12.1. The van der Waals surface area contributed by atoms with Crippen molar-refractivity contribution in [1.82, 2.24) is 4.98 Å². The van der Waals surface area contributed by atoms with Crippen molar-refractivity contribution in [3.63, 3.8) is 0 Å². The second-order valence-corrected chi connectivity index (χ2v) is 4.51. The van der Waals surface area contributed by atoms with Gasteiger partial charge in [-0.3, -0.25) is 4.79 Å². The van der Waals surface area contributed by atoms with Crippen LogP contribution in [0.2, 0.25) is 0 Å². The molecular weight excluding hydrogens is 252 g/mol. The van der Waals surface area contributed by atoms with E-state index < -0.39 is 12.0 Å². The number of rotatable bonds is 4. The number of hydrogen-bond donors (Lipinski definition) is 2. The lowest BCUT2D eigenvalue weighted by Crippen LogP contribution is -2.20. The Morgan fingerprint density at radius 3 is 3.00 bits per heavy atom. The summed E-state index contributed by atoms with van der Waals surface area (Å²) in [5.74, 6) is -0.355. The highest BCUT2D eigenvalue weighted by molar-refractivity contribution is 7.10. The summed E-state index contributed by atoms with van der Waals surface area (Å²) < 4.78 is 5.13. The zero-order chi connectivity index (χ0) is 13.1. The Bertz CT molecular complexity index is 568. The lowest BCUT2D eigenvalue weighted by Gasteiger charge is -2.02. The van der Waals surface area contributed by atoms with Gasteiger partial charge in [0.25, 0.3) is 0 Å². The first-order chi connectivity index (χ1) is 8.61. The monoisotopic (exact) mass is 264 g/mol. The molecule has 2 rings (SSSR count). The largest absolute Gasteiger partial charge is 0.497 e. The number of carbonyl (C=O) groups is 1. The van der Waals surface area contributed by atoms with Crippen LogP contribution in [-0.4, -0.2) is 23.2 Å². The van der Waals surface area contributed by atoms with Crippen molar-refractivity contribution >= 4 is 17.3 Å². The molecule has 1 aromatic heterocycles. The van der Waals surface area contributed by atoms with Crippen molar-refractivity contribution in [2.24, 2.45) is 5.73 Å². The van der Waals surface area contributed by atoms with Gasteiger partial charge in [-0.25, -0.2) is 4.98 Å². The summed E-state index contributed by atoms with van der Waals surface area (Å²) in [5, 5.41) is 11.0. The van der Waals surface area contributed by atoms with E-state index in [4.69, 9.17) is 15.6 Å². The smallest absolute Gasteiger partial charge is 0.327 e. The molecule has 0 aliphatic carbocycles. The van der Waals surface area contributed by atoms with Crippen LogP contribution in [0.15, 0.2) is 29.6 Å². The van der Waals surface area contributed by atoms with Crippen LogP contribution in [0.5, 0.6) is 5.75 Å². The van der Waals surface area contributed by atoms with Gasteiger partial charge in [-0.1, -0.05) is 12.1 Å². The second kappa shape index (κ2) is 5.16. The number of nitrogens with two attached hydrogens (primary N) is 1. The van der Waals surface area contributed by atoms with E-state index in [-0.39, 0.29) is 0 Å². The van der Waals surface area contributed by atoms with Gasteiger partial charge in [-0.05, 0) is 12.1 Å².